The Morgan fingerprint density at radius 3 is 2.29 bits per heavy atom. The number of hydrogen-bond acceptors (Lipinski definition) is 3. The van der Waals surface area contributed by atoms with E-state index < -0.39 is 0 Å². The lowest BCUT2D eigenvalue weighted by Crippen LogP contribution is -2.19. The van der Waals surface area contributed by atoms with E-state index in [1.807, 2.05) is 54.6 Å². The van der Waals surface area contributed by atoms with Crippen molar-refractivity contribution in [2.45, 2.75) is 19.4 Å². The second-order valence-corrected chi connectivity index (χ2v) is 9.02. The summed E-state index contributed by atoms with van der Waals surface area (Å²) >= 11 is 0. The molecule has 1 aromatic heterocycles. The Labute approximate surface area is 222 Å². The summed E-state index contributed by atoms with van der Waals surface area (Å²) in [6, 6.07) is 34.4. The molecule has 4 aromatic carbocycles. The topological polar surface area (TPSA) is 66.6 Å². The van der Waals surface area contributed by atoms with Crippen LogP contribution in [-0.2, 0) is 17.8 Å². The SMILES string of the molecule is C=CCc1cccc(/C=N/NC(=O)CCn2c(-c3ccccc3)c(-c3ccccc3)c3ccccc32)c1O. The minimum atomic E-state index is -0.207. The molecule has 0 unspecified atom stereocenters. The largest absolute Gasteiger partial charge is 0.507 e. The van der Waals surface area contributed by atoms with Crippen LogP contribution >= 0.6 is 0 Å². The Kier molecular flexibility index (Phi) is 7.46. The summed E-state index contributed by atoms with van der Waals surface area (Å²) in [7, 11) is 0. The number of amides is 1. The number of nitrogens with zero attached hydrogens (tertiary/aromatic N) is 2. The van der Waals surface area contributed by atoms with Crippen molar-refractivity contribution in [1.82, 2.24) is 9.99 Å². The molecule has 5 nitrogen and oxygen atoms in total. The first-order chi connectivity index (χ1) is 18.7. The Morgan fingerprint density at radius 2 is 1.55 bits per heavy atom. The highest BCUT2D eigenvalue weighted by molar-refractivity contribution is 6.04. The fraction of sp³-hybridized carbons (Fsp3) is 0.0909. The molecule has 5 heteroatoms. The molecule has 0 spiro atoms. The summed E-state index contributed by atoms with van der Waals surface area (Å²) in [6.07, 6.45) is 4.00. The molecule has 0 fully saturated rings. The number of aryl methyl sites for hydroxylation is 1. The molecule has 0 aliphatic rings. The molecule has 0 atom stereocenters. The summed E-state index contributed by atoms with van der Waals surface area (Å²) in [5, 5.41) is 15.7. The van der Waals surface area contributed by atoms with Crippen LogP contribution in [0.2, 0.25) is 0 Å². The first-order valence-corrected chi connectivity index (χ1v) is 12.6. The molecule has 5 rings (SSSR count). The molecule has 0 radical (unpaired) electrons. The average Bonchev–Trinajstić information content (AvgIpc) is 3.29. The highest BCUT2D eigenvalue weighted by atomic mass is 16.3. The van der Waals surface area contributed by atoms with Gasteiger partial charge in [-0.25, -0.2) is 5.43 Å². The zero-order chi connectivity index (χ0) is 26.3. The number of nitrogens with one attached hydrogen (secondary N) is 1. The maximum absolute atomic E-state index is 12.8. The van der Waals surface area contributed by atoms with Gasteiger partial charge in [-0.3, -0.25) is 4.79 Å². The molecule has 188 valence electrons. The molecule has 0 bridgehead atoms. The van der Waals surface area contributed by atoms with Gasteiger partial charge in [-0.1, -0.05) is 97.1 Å². The van der Waals surface area contributed by atoms with E-state index in [1.54, 1.807) is 12.1 Å². The smallest absolute Gasteiger partial charge is 0.241 e. The van der Waals surface area contributed by atoms with Gasteiger partial charge >= 0.3 is 0 Å². The van der Waals surface area contributed by atoms with Gasteiger partial charge in [0.15, 0.2) is 0 Å². The quantitative estimate of drug-likeness (QED) is 0.131. The van der Waals surface area contributed by atoms with Crippen molar-refractivity contribution in [2.24, 2.45) is 5.10 Å². The zero-order valence-electron chi connectivity index (χ0n) is 21.0. The van der Waals surface area contributed by atoms with E-state index >= 15 is 0 Å². The van der Waals surface area contributed by atoms with Crippen LogP contribution in [-0.4, -0.2) is 21.8 Å². The van der Waals surface area contributed by atoms with E-state index in [0.29, 0.717) is 18.5 Å². The summed E-state index contributed by atoms with van der Waals surface area (Å²) in [4.78, 5) is 12.8. The minimum absolute atomic E-state index is 0.144. The average molecular weight is 500 g/mol. The Bertz CT molecular complexity index is 1600. The summed E-state index contributed by atoms with van der Waals surface area (Å²) in [5.41, 5.74) is 9.45. The first-order valence-electron chi connectivity index (χ1n) is 12.6. The lowest BCUT2D eigenvalue weighted by atomic mass is 9.98. The van der Waals surface area contributed by atoms with Crippen molar-refractivity contribution in [3.05, 3.63) is 127 Å². The number of allylic oxidation sites excluding steroid dienone is 1. The fourth-order valence-electron chi connectivity index (χ4n) is 4.81. The second-order valence-electron chi connectivity index (χ2n) is 9.02. The number of phenolic OH excluding ortho intramolecular Hbond substituents is 1. The number of hydrogen-bond donors (Lipinski definition) is 2. The van der Waals surface area contributed by atoms with Gasteiger partial charge in [0.2, 0.25) is 5.91 Å². The number of aromatic hydroxyl groups is 1. The van der Waals surface area contributed by atoms with Crippen molar-refractivity contribution in [1.29, 1.82) is 0 Å². The fourth-order valence-corrected chi connectivity index (χ4v) is 4.81. The summed E-state index contributed by atoms with van der Waals surface area (Å²) in [5.74, 6) is -0.0637. The van der Waals surface area contributed by atoms with Crippen molar-refractivity contribution in [3.8, 4) is 28.1 Å². The van der Waals surface area contributed by atoms with Gasteiger partial charge < -0.3 is 9.67 Å². The molecule has 1 amide bonds. The van der Waals surface area contributed by atoms with E-state index in [9.17, 15) is 9.90 Å². The van der Waals surface area contributed by atoms with Gasteiger partial charge in [-0.2, -0.15) is 5.10 Å². The number of para-hydroxylation sites is 2. The van der Waals surface area contributed by atoms with Crippen molar-refractivity contribution >= 4 is 23.0 Å². The lowest BCUT2D eigenvalue weighted by Gasteiger charge is -2.13. The van der Waals surface area contributed by atoms with Gasteiger partial charge in [0.05, 0.1) is 11.9 Å². The number of fused-ring (bicyclic) bond motifs is 1. The highest BCUT2D eigenvalue weighted by Gasteiger charge is 2.20. The van der Waals surface area contributed by atoms with Gasteiger partial charge in [-0.05, 0) is 35.2 Å². The van der Waals surface area contributed by atoms with Crippen LogP contribution in [0.15, 0.2) is 121 Å². The Hall–Kier alpha value is -4.90. The number of phenols is 1. The maximum Gasteiger partial charge on any atom is 0.241 e. The number of rotatable bonds is 9. The summed E-state index contributed by atoms with van der Waals surface area (Å²) in [6.45, 7) is 4.20. The van der Waals surface area contributed by atoms with E-state index in [2.05, 4.69) is 64.1 Å². The number of carbonyl (C=O) groups is 1. The number of benzene rings is 4. The van der Waals surface area contributed by atoms with Crippen LogP contribution in [0.1, 0.15) is 17.5 Å². The third-order valence-electron chi connectivity index (χ3n) is 6.55. The number of hydrazone groups is 1. The first kappa shape index (κ1) is 24.8. The molecule has 0 aliphatic heterocycles. The van der Waals surface area contributed by atoms with Gasteiger partial charge in [-0.15, -0.1) is 6.58 Å². The van der Waals surface area contributed by atoms with Crippen molar-refractivity contribution in [3.63, 3.8) is 0 Å². The van der Waals surface area contributed by atoms with Crippen LogP contribution in [0.4, 0.5) is 0 Å². The molecule has 38 heavy (non-hydrogen) atoms. The molecule has 0 aliphatic carbocycles. The predicted molar refractivity (Wildman–Crippen MR) is 155 cm³/mol. The molecule has 0 saturated carbocycles. The van der Waals surface area contributed by atoms with E-state index in [1.165, 1.54) is 6.21 Å². The Morgan fingerprint density at radius 1 is 0.868 bits per heavy atom. The normalized spacial score (nSPS) is 11.2. The molecule has 1 heterocycles. The van der Waals surface area contributed by atoms with Crippen LogP contribution in [0.3, 0.4) is 0 Å². The highest BCUT2D eigenvalue weighted by Crippen LogP contribution is 2.41. The minimum Gasteiger partial charge on any atom is -0.507 e. The predicted octanol–water partition coefficient (Wildman–Crippen LogP) is 6.95. The molecule has 2 N–H and O–H groups in total. The Balaban J connectivity index is 1.43. The van der Waals surface area contributed by atoms with Crippen LogP contribution in [0.25, 0.3) is 33.3 Å². The van der Waals surface area contributed by atoms with Crippen LogP contribution in [0, 0.1) is 0 Å². The van der Waals surface area contributed by atoms with Crippen molar-refractivity contribution in [2.75, 3.05) is 0 Å². The molecular formula is C33H29N3O2. The van der Waals surface area contributed by atoms with Gasteiger partial charge in [0, 0.05) is 35.0 Å². The third-order valence-corrected chi connectivity index (χ3v) is 6.55. The lowest BCUT2D eigenvalue weighted by molar-refractivity contribution is -0.121. The van der Waals surface area contributed by atoms with Crippen LogP contribution < -0.4 is 5.43 Å². The van der Waals surface area contributed by atoms with Gasteiger partial charge in [0.1, 0.15) is 5.75 Å². The standard InChI is InChI=1S/C33H29N3O2/c1-2-12-26-17-11-18-27(33(26)38)23-34-35-30(37)21-22-36-29-20-10-9-19-28(29)31(24-13-5-3-6-14-24)32(36)25-15-7-4-8-16-25/h2-11,13-20,23,38H,1,12,21-22H2,(H,35,37)/b34-23+. The van der Waals surface area contributed by atoms with E-state index in [0.717, 1.165) is 38.9 Å². The number of carbonyl (C=O) groups excluding carboxylic acids is 1. The van der Waals surface area contributed by atoms with Crippen molar-refractivity contribution < 1.29 is 9.90 Å². The summed E-state index contributed by atoms with van der Waals surface area (Å²) < 4.78 is 2.22. The monoisotopic (exact) mass is 499 g/mol. The van der Waals surface area contributed by atoms with E-state index in [4.69, 9.17) is 0 Å². The molecule has 0 saturated heterocycles. The number of aromatic nitrogens is 1. The zero-order valence-corrected chi connectivity index (χ0v) is 21.0. The second kappa shape index (κ2) is 11.4. The van der Waals surface area contributed by atoms with E-state index in [-0.39, 0.29) is 18.1 Å². The molecular weight excluding hydrogens is 470 g/mol. The van der Waals surface area contributed by atoms with Crippen LogP contribution in [0.5, 0.6) is 5.75 Å². The third kappa shape index (κ3) is 5.13. The molecule has 5 aromatic rings. The van der Waals surface area contributed by atoms with Gasteiger partial charge in [0.25, 0.3) is 0 Å². The maximum atomic E-state index is 12.8.